The number of carbonyl (C=O) groups is 2. The second-order valence-electron chi connectivity index (χ2n) is 8.96. The number of carbonyl (C=O) groups excluding carboxylic acids is 2. The number of esters is 1. The Balaban J connectivity index is 1.76. The van der Waals surface area contributed by atoms with Crippen LogP contribution in [0.15, 0.2) is 66.9 Å². The van der Waals surface area contributed by atoms with Crippen LogP contribution in [0.25, 0.3) is 0 Å². The minimum atomic E-state index is -0.371. The molecule has 0 spiro atoms. The number of aryl methyl sites for hydroxylation is 1. The average molecular weight is 462 g/mol. The third kappa shape index (κ3) is 6.50. The summed E-state index contributed by atoms with van der Waals surface area (Å²) in [5, 5.41) is 2.99. The summed E-state index contributed by atoms with van der Waals surface area (Å²) in [6.45, 7) is 11.7. The predicted molar refractivity (Wildman–Crippen MR) is 136 cm³/mol. The van der Waals surface area contributed by atoms with Gasteiger partial charge in [-0.15, -0.1) is 0 Å². The molecule has 1 aromatic heterocycles. The number of hydrogen-bond donors (Lipinski definition) is 1. The molecule has 3 rings (SSSR count). The van der Waals surface area contributed by atoms with Gasteiger partial charge in [0, 0.05) is 30.2 Å². The Morgan fingerprint density at radius 2 is 1.76 bits per heavy atom. The highest BCUT2D eigenvalue weighted by molar-refractivity contribution is 5.92. The number of urea groups is 1. The van der Waals surface area contributed by atoms with Gasteiger partial charge in [0.2, 0.25) is 0 Å². The van der Waals surface area contributed by atoms with Gasteiger partial charge in [0.25, 0.3) is 0 Å². The van der Waals surface area contributed by atoms with Crippen LogP contribution in [0.1, 0.15) is 54.9 Å². The van der Waals surface area contributed by atoms with Crippen LogP contribution in [0.4, 0.5) is 10.5 Å². The molecule has 2 amide bonds. The number of hydrogen-bond acceptors (Lipinski definition) is 3. The quantitative estimate of drug-likeness (QED) is 0.392. The van der Waals surface area contributed by atoms with Gasteiger partial charge >= 0.3 is 12.0 Å². The van der Waals surface area contributed by atoms with Gasteiger partial charge in [-0.05, 0) is 68.7 Å². The van der Waals surface area contributed by atoms with Crippen molar-refractivity contribution in [2.75, 3.05) is 11.9 Å². The van der Waals surface area contributed by atoms with Gasteiger partial charge in [-0.1, -0.05) is 43.7 Å². The summed E-state index contributed by atoms with van der Waals surface area (Å²) in [6.07, 6.45) is 2.06. The van der Waals surface area contributed by atoms with Gasteiger partial charge in [0.05, 0.1) is 18.7 Å². The lowest BCUT2D eigenvalue weighted by molar-refractivity contribution is 0.0526. The van der Waals surface area contributed by atoms with Gasteiger partial charge in [-0.25, -0.2) is 9.59 Å². The molecule has 34 heavy (non-hydrogen) atoms. The van der Waals surface area contributed by atoms with Crippen LogP contribution < -0.4 is 5.32 Å². The van der Waals surface area contributed by atoms with Crippen LogP contribution in [-0.4, -0.2) is 34.1 Å². The number of amides is 2. The molecule has 0 saturated heterocycles. The zero-order valence-corrected chi connectivity index (χ0v) is 20.7. The maximum Gasteiger partial charge on any atom is 0.338 e. The number of benzene rings is 2. The molecule has 180 valence electrons. The van der Waals surface area contributed by atoms with Crippen LogP contribution in [0.3, 0.4) is 0 Å². The average Bonchev–Trinajstić information content (AvgIpc) is 3.24. The highest BCUT2D eigenvalue weighted by Gasteiger charge is 2.24. The highest BCUT2D eigenvalue weighted by atomic mass is 16.5. The molecule has 1 unspecified atom stereocenters. The van der Waals surface area contributed by atoms with Crippen LogP contribution >= 0.6 is 0 Å². The van der Waals surface area contributed by atoms with E-state index in [1.165, 1.54) is 11.1 Å². The monoisotopic (exact) mass is 461 g/mol. The summed E-state index contributed by atoms with van der Waals surface area (Å²) in [6, 6.07) is 19.2. The number of nitrogens with zero attached hydrogens (tertiary/aromatic N) is 2. The molecule has 2 aromatic carbocycles. The largest absolute Gasteiger partial charge is 0.462 e. The predicted octanol–water partition coefficient (Wildman–Crippen LogP) is 6.10. The summed E-state index contributed by atoms with van der Waals surface area (Å²) in [4.78, 5) is 27.1. The van der Waals surface area contributed by atoms with E-state index >= 15 is 0 Å². The first-order valence-electron chi connectivity index (χ1n) is 11.8. The van der Waals surface area contributed by atoms with Gasteiger partial charge < -0.3 is 19.5 Å². The Bertz CT molecular complexity index is 1100. The minimum Gasteiger partial charge on any atom is -0.462 e. The van der Waals surface area contributed by atoms with Gasteiger partial charge in [0.15, 0.2) is 0 Å². The smallest absolute Gasteiger partial charge is 0.338 e. The van der Waals surface area contributed by atoms with Crippen molar-refractivity contribution in [3.05, 3.63) is 89.2 Å². The van der Waals surface area contributed by atoms with E-state index in [1.54, 1.807) is 31.2 Å². The van der Waals surface area contributed by atoms with E-state index in [0.717, 1.165) is 12.2 Å². The zero-order chi connectivity index (χ0) is 24.7. The maximum atomic E-state index is 13.3. The molecule has 1 atom stereocenters. The molecule has 0 aliphatic rings. The van der Waals surface area contributed by atoms with Crippen LogP contribution in [-0.2, 0) is 17.8 Å². The van der Waals surface area contributed by atoms with Crippen molar-refractivity contribution in [2.24, 2.45) is 5.92 Å². The first-order chi connectivity index (χ1) is 16.3. The van der Waals surface area contributed by atoms with Crippen LogP contribution in [0, 0.1) is 12.8 Å². The van der Waals surface area contributed by atoms with Gasteiger partial charge in [-0.3, -0.25) is 0 Å². The summed E-state index contributed by atoms with van der Waals surface area (Å²) >= 11 is 0. The molecule has 1 heterocycles. The van der Waals surface area contributed by atoms with Crippen LogP contribution in [0.5, 0.6) is 0 Å². The summed E-state index contributed by atoms with van der Waals surface area (Å²) in [7, 11) is 0. The Morgan fingerprint density at radius 3 is 2.41 bits per heavy atom. The maximum absolute atomic E-state index is 13.3. The Morgan fingerprint density at radius 1 is 1.03 bits per heavy atom. The standard InChI is InChI=1S/C28H35N3O3/c1-6-34-27(32)24-12-14-25(15-13-24)29-28(33)31(22(5)20(2)3)19-26-11-8-16-30(26)18-23-10-7-9-21(4)17-23/h7-17,20,22H,6,18-19H2,1-5H3,(H,29,33). The van der Waals surface area contributed by atoms with Crippen LogP contribution in [0.2, 0.25) is 0 Å². The first-order valence-corrected chi connectivity index (χ1v) is 11.8. The lowest BCUT2D eigenvalue weighted by Gasteiger charge is -2.32. The third-order valence-electron chi connectivity index (χ3n) is 6.06. The van der Waals surface area contributed by atoms with E-state index in [9.17, 15) is 9.59 Å². The molecule has 6 nitrogen and oxygen atoms in total. The van der Waals surface area contributed by atoms with Crippen molar-refractivity contribution in [1.29, 1.82) is 0 Å². The molecular formula is C28H35N3O3. The number of nitrogens with one attached hydrogen (secondary N) is 1. The van der Waals surface area contributed by atoms with Crippen molar-refractivity contribution < 1.29 is 14.3 Å². The molecule has 6 heteroatoms. The molecule has 0 saturated carbocycles. The molecule has 0 aliphatic carbocycles. The number of rotatable bonds is 9. The van der Waals surface area contributed by atoms with E-state index < -0.39 is 0 Å². The minimum absolute atomic E-state index is 0.0288. The third-order valence-corrected chi connectivity index (χ3v) is 6.06. The summed E-state index contributed by atoms with van der Waals surface area (Å²) in [5.41, 5.74) is 4.62. The number of aromatic nitrogens is 1. The molecule has 0 fully saturated rings. The second-order valence-corrected chi connectivity index (χ2v) is 8.96. The number of anilines is 1. The van der Waals surface area contributed by atoms with E-state index in [-0.39, 0.29) is 24.0 Å². The topological polar surface area (TPSA) is 63.6 Å². The van der Waals surface area contributed by atoms with Crippen molar-refractivity contribution in [1.82, 2.24) is 9.47 Å². The van der Waals surface area contributed by atoms with Crippen molar-refractivity contribution in [3.8, 4) is 0 Å². The Labute approximate surface area is 202 Å². The lowest BCUT2D eigenvalue weighted by Crippen LogP contribution is -2.43. The SMILES string of the molecule is CCOC(=O)c1ccc(NC(=O)N(Cc2cccn2Cc2cccc(C)c2)C(C)C(C)C)cc1. The summed E-state index contributed by atoms with van der Waals surface area (Å²) in [5.74, 6) is -0.0815. The summed E-state index contributed by atoms with van der Waals surface area (Å²) < 4.78 is 7.22. The molecule has 1 N–H and O–H groups in total. The van der Waals surface area contributed by atoms with E-state index in [2.05, 4.69) is 74.1 Å². The van der Waals surface area contributed by atoms with Gasteiger partial charge in [-0.2, -0.15) is 0 Å². The van der Waals surface area contributed by atoms with E-state index in [4.69, 9.17) is 4.74 Å². The molecule has 0 bridgehead atoms. The molecule has 3 aromatic rings. The highest BCUT2D eigenvalue weighted by Crippen LogP contribution is 2.19. The van der Waals surface area contributed by atoms with Crippen molar-refractivity contribution in [3.63, 3.8) is 0 Å². The Hall–Kier alpha value is -3.54. The van der Waals surface area contributed by atoms with E-state index in [0.29, 0.717) is 24.4 Å². The number of ether oxygens (including phenoxy) is 1. The molecule has 0 aliphatic heterocycles. The molecule has 0 radical (unpaired) electrons. The van der Waals surface area contributed by atoms with E-state index in [1.807, 2.05) is 11.0 Å². The fourth-order valence-electron chi connectivity index (χ4n) is 3.79. The second kappa shape index (κ2) is 11.5. The van der Waals surface area contributed by atoms with Crippen molar-refractivity contribution in [2.45, 2.75) is 53.8 Å². The Kier molecular flexibility index (Phi) is 8.52. The van der Waals surface area contributed by atoms with Gasteiger partial charge in [0.1, 0.15) is 0 Å². The van der Waals surface area contributed by atoms with Crippen molar-refractivity contribution >= 4 is 17.7 Å². The lowest BCUT2D eigenvalue weighted by atomic mass is 10.0. The normalized spacial score (nSPS) is 11.8. The first kappa shape index (κ1) is 25.1. The fraction of sp³-hybridized carbons (Fsp3) is 0.357. The fourth-order valence-corrected chi connectivity index (χ4v) is 3.79. The molecular weight excluding hydrogens is 426 g/mol. The zero-order valence-electron chi connectivity index (χ0n) is 20.7.